The van der Waals surface area contributed by atoms with Crippen molar-refractivity contribution in [3.8, 4) is 0 Å². The number of carbonyl (C=O) groups excluding carboxylic acids is 2. The molecule has 0 aromatic heterocycles. The summed E-state index contributed by atoms with van der Waals surface area (Å²) in [6.45, 7) is 5.62. The molecule has 1 fully saturated rings. The van der Waals surface area contributed by atoms with Crippen molar-refractivity contribution in [1.82, 2.24) is 4.90 Å². The second kappa shape index (κ2) is 7.29. The van der Waals surface area contributed by atoms with Gasteiger partial charge in [-0.2, -0.15) is 0 Å². The topological polar surface area (TPSA) is 49.9 Å². The lowest BCUT2D eigenvalue weighted by Crippen LogP contribution is -2.58. The minimum absolute atomic E-state index is 0.0248. The number of methoxy groups -OCH3 is 1. The highest BCUT2D eigenvalue weighted by atomic mass is 16.5. The number of benzene rings is 1. The number of ether oxygens (including phenoxy) is 1. The molecule has 5 nitrogen and oxygen atoms in total. The molecule has 0 saturated carbocycles. The lowest BCUT2D eigenvalue weighted by molar-refractivity contribution is -0.143. The number of para-hydroxylation sites is 1. The fourth-order valence-electron chi connectivity index (χ4n) is 3.10. The van der Waals surface area contributed by atoms with Gasteiger partial charge in [0.25, 0.3) is 0 Å². The summed E-state index contributed by atoms with van der Waals surface area (Å²) in [6, 6.07) is 10.8. The lowest BCUT2D eigenvalue weighted by atomic mass is 10.1. The Labute approximate surface area is 131 Å². The SMILES string of the molecule is COC(=O)CCC(=O)N1CC(C)N(c2ccccc2)C(C)C1. The Morgan fingerprint density at radius 2 is 1.68 bits per heavy atom. The van der Waals surface area contributed by atoms with Crippen molar-refractivity contribution < 1.29 is 14.3 Å². The van der Waals surface area contributed by atoms with E-state index >= 15 is 0 Å². The molecule has 2 rings (SSSR count). The number of hydrogen-bond acceptors (Lipinski definition) is 4. The molecule has 120 valence electrons. The maximum atomic E-state index is 12.3. The van der Waals surface area contributed by atoms with Crippen molar-refractivity contribution in [2.24, 2.45) is 0 Å². The number of anilines is 1. The molecule has 0 aliphatic carbocycles. The first-order valence-electron chi connectivity index (χ1n) is 7.71. The summed E-state index contributed by atoms with van der Waals surface area (Å²) in [6.07, 6.45) is 0.369. The Balaban J connectivity index is 1.98. The number of amides is 1. The smallest absolute Gasteiger partial charge is 0.306 e. The van der Waals surface area contributed by atoms with Crippen LogP contribution < -0.4 is 4.90 Å². The fraction of sp³-hybridized carbons (Fsp3) is 0.529. The van der Waals surface area contributed by atoms with E-state index in [0.29, 0.717) is 13.1 Å². The van der Waals surface area contributed by atoms with Crippen LogP contribution in [0.15, 0.2) is 30.3 Å². The van der Waals surface area contributed by atoms with Gasteiger partial charge < -0.3 is 14.5 Å². The monoisotopic (exact) mass is 304 g/mol. The van der Waals surface area contributed by atoms with Crippen LogP contribution in [0.2, 0.25) is 0 Å². The molecule has 1 amide bonds. The van der Waals surface area contributed by atoms with E-state index in [1.165, 1.54) is 12.8 Å². The van der Waals surface area contributed by atoms with E-state index in [1.807, 2.05) is 23.1 Å². The molecule has 1 aliphatic rings. The Kier molecular flexibility index (Phi) is 5.41. The Hall–Kier alpha value is -2.04. The highest BCUT2D eigenvalue weighted by Gasteiger charge is 2.31. The summed E-state index contributed by atoms with van der Waals surface area (Å²) in [5.41, 5.74) is 1.18. The van der Waals surface area contributed by atoms with Crippen molar-refractivity contribution >= 4 is 17.6 Å². The van der Waals surface area contributed by atoms with E-state index in [4.69, 9.17) is 0 Å². The van der Waals surface area contributed by atoms with Gasteiger partial charge in [-0.1, -0.05) is 18.2 Å². The van der Waals surface area contributed by atoms with Crippen LogP contribution in [0.4, 0.5) is 5.69 Å². The molecule has 2 atom stereocenters. The van der Waals surface area contributed by atoms with Crippen molar-refractivity contribution in [2.45, 2.75) is 38.8 Å². The predicted octanol–water partition coefficient (Wildman–Crippen LogP) is 2.07. The first-order chi connectivity index (χ1) is 10.5. The molecule has 22 heavy (non-hydrogen) atoms. The summed E-state index contributed by atoms with van der Waals surface area (Å²) in [5, 5.41) is 0. The zero-order valence-corrected chi connectivity index (χ0v) is 13.5. The summed E-state index contributed by atoms with van der Waals surface area (Å²) >= 11 is 0. The van der Waals surface area contributed by atoms with Gasteiger partial charge in [-0.3, -0.25) is 9.59 Å². The first-order valence-corrected chi connectivity index (χ1v) is 7.71. The number of carbonyl (C=O) groups is 2. The van der Waals surface area contributed by atoms with Crippen LogP contribution in [-0.4, -0.2) is 49.1 Å². The van der Waals surface area contributed by atoms with Crippen LogP contribution in [0.3, 0.4) is 0 Å². The molecule has 1 aliphatic heterocycles. The van der Waals surface area contributed by atoms with Crippen LogP contribution in [-0.2, 0) is 14.3 Å². The number of nitrogens with zero attached hydrogens (tertiary/aromatic N) is 2. The van der Waals surface area contributed by atoms with Gasteiger partial charge in [0.1, 0.15) is 0 Å². The second-order valence-corrected chi connectivity index (χ2v) is 5.82. The summed E-state index contributed by atoms with van der Waals surface area (Å²) in [7, 11) is 1.34. The third kappa shape index (κ3) is 3.78. The van der Waals surface area contributed by atoms with Gasteiger partial charge in [-0.25, -0.2) is 0 Å². The average molecular weight is 304 g/mol. The quantitative estimate of drug-likeness (QED) is 0.799. The van der Waals surface area contributed by atoms with Gasteiger partial charge in [0.05, 0.1) is 13.5 Å². The Morgan fingerprint density at radius 1 is 1.09 bits per heavy atom. The summed E-state index contributed by atoms with van der Waals surface area (Å²) in [5.74, 6) is -0.311. The Morgan fingerprint density at radius 3 is 2.23 bits per heavy atom. The summed E-state index contributed by atoms with van der Waals surface area (Å²) in [4.78, 5) is 27.6. The molecule has 2 unspecified atom stereocenters. The highest BCUT2D eigenvalue weighted by molar-refractivity contribution is 5.81. The molecule has 0 radical (unpaired) electrons. The van der Waals surface area contributed by atoms with Crippen LogP contribution in [0.25, 0.3) is 0 Å². The molecule has 0 bridgehead atoms. The molecule has 1 saturated heterocycles. The molecular formula is C17H24N2O3. The van der Waals surface area contributed by atoms with E-state index in [-0.39, 0.29) is 36.8 Å². The number of hydrogen-bond donors (Lipinski definition) is 0. The van der Waals surface area contributed by atoms with Crippen LogP contribution >= 0.6 is 0 Å². The Bertz CT molecular complexity index is 506. The molecule has 5 heteroatoms. The lowest BCUT2D eigenvalue weighted by Gasteiger charge is -2.46. The van der Waals surface area contributed by atoms with Crippen molar-refractivity contribution in [3.63, 3.8) is 0 Å². The molecule has 1 heterocycles. The number of esters is 1. The molecule has 1 aromatic carbocycles. The predicted molar refractivity (Wildman–Crippen MR) is 85.7 cm³/mol. The molecule has 1 aromatic rings. The summed E-state index contributed by atoms with van der Waals surface area (Å²) < 4.78 is 4.59. The molecule has 0 spiro atoms. The zero-order valence-electron chi connectivity index (χ0n) is 13.5. The van der Waals surface area contributed by atoms with Gasteiger partial charge >= 0.3 is 5.97 Å². The first kappa shape index (κ1) is 16.3. The van der Waals surface area contributed by atoms with Crippen LogP contribution in [0.5, 0.6) is 0 Å². The second-order valence-electron chi connectivity index (χ2n) is 5.82. The zero-order chi connectivity index (χ0) is 16.1. The third-order valence-electron chi connectivity index (χ3n) is 4.10. The van der Waals surface area contributed by atoms with E-state index in [9.17, 15) is 9.59 Å². The van der Waals surface area contributed by atoms with Gasteiger partial charge in [-0.05, 0) is 26.0 Å². The van der Waals surface area contributed by atoms with Crippen LogP contribution in [0.1, 0.15) is 26.7 Å². The largest absolute Gasteiger partial charge is 0.469 e. The third-order valence-corrected chi connectivity index (χ3v) is 4.10. The van der Waals surface area contributed by atoms with Crippen molar-refractivity contribution in [2.75, 3.05) is 25.1 Å². The van der Waals surface area contributed by atoms with Crippen LogP contribution in [0, 0.1) is 0 Å². The maximum absolute atomic E-state index is 12.3. The van der Waals surface area contributed by atoms with Gasteiger partial charge in [0.15, 0.2) is 0 Å². The maximum Gasteiger partial charge on any atom is 0.306 e. The number of rotatable bonds is 4. The van der Waals surface area contributed by atoms with E-state index in [0.717, 1.165) is 0 Å². The normalized spacial score (nSPS) is 21.6. The van der Waals surface area contributed by atoms with Gasteiger partial charge in [0, 0.05) is 37.3 Å². The van der Waals surface area contributed by atoms with Crippen molar-refractivity contribution in [3.05, 3.63) is 30.3 Å². The number of piperazine rings is 1. The average Bonchev–Trinajstić information content (AvgIpc) is 2.52. The van der Waals surface area contributed by atoms with E-state index in [2.05, 4.69) is 35.6 Å². The van der Waals surface area contributed by atoms with Crippen molar-refractivity contribution in [1.29, 1.82) is 0 Å². The van der Waals surface area contributed by atoms with E-state index in [1.54, 1.807) is 0 Å². The minimum atomic E-state index is -0.336. The molecule has 0 N–H and O–H groups in total. The highest BCUT2D eigenvalue weighted by Crippen LogP contribution is 2.24. The van der Waals surface area contributed by atoms with Gasteiger partial charge in [0.2, 0.25) is 5.91 Å². The minimum Gasteiger partial charge on any atom is -0.469 e. The molecular weight excluding hydrogens is 280 g/mol. The standard InChI is InChI=1S/C17H24N2O3/c1-13-11-18(16(20)9-10-17(21)22-3)12-14(2)19(13)15-7-5-4-6-8-15/h4-8,13-14H,9-12H2,1-3H3. The fourth-order valence-corrected chi connectivity index (χ4v) is 3.10. The van der Waals surface area contributed by atoms with Gasteiger partial charge in [-0.15, -0.1) is 0 Å². The van der Waals surface area contributed by atoms with E-state index < -0.39 is 0 Å².